The first-order valence-corrected chi connectivity index (χ1v) is 7.54. The molecule has 2 atom stereocenters. The van der Waals surface area contributed by atoms with Crippen LogP contribution in [0.5, 0.6) is 0 Å². The third-order valence-electron chi connectivity index (χ3n) is 2.87. The van der Waals surface area contributed by atoms with Crippen molar-refractivity contribution in [3.05, 3.63) is 29.8 Å². The van der Waals surface area contributed by atoms with Gasteiger partial charge >= 0.3 is 0 Å². The van der Waals surface area contributed by atoms with Crippen molar-refractivity contribution in [2.75, 3.05) is 12.3 Å². The van der Waals surface area contributed by atoms with E-state index in [1.54, 1.807) is 19.1 Å². The van der Waals surface area contributed by atoms with Gasteiger partial charge in [-0.15, -0.1) is 0 Å². The third kappa shape index (κ3) is 3.52. The Morgan fingerprint density at radius 1 is 1.28 bits per heavy atom. The summed E-state index contributed by atoms with van der Waals surface area (Å²) in [5.41, 5.74) is 11.7. The van der Waals surface area contributed by atoms with Gasteiger partial charge in [-0.3, -0.25) is 0 Å². The molecule has 1 aromatic carbocycles. The summed E-state index contributed by atoms with van der Waals surface area (Å²) in [4.78, 5) is 0.258. The number of hydrogen-bond acceptors (Lipinski definition) is 5. The molecule has 0 amide bonds. The molecule has 0 radical (unpaired) electrons. The summed E-state index contributed by atoms with van der Waals surface area (Å²) in [6, 6.07) is 5.72. The van der Waals surface area contributed by atoms with Crippen molar-refractivity contribution >= 4 is 9.84 Å². The van der Waals surface area contributed by atoms with Gasteiger partial charge in [0.05, 0.1) is 16.8 Å². The molecular formula is C12H20N2O3S. The highest BCUT2D eigenvalue weighted by atomic mass is 32.2. The highest BCUT2D eigenvalue weighted by Crippen LogP contribution is 2.20. The number of aliphatic hydroxyl groups excluding tert-OH is 1. The lowest BCUT2D eigenvalue weighted by atomic mass is 10.0. The maximum absolute atomic E-state index is 11.6. The molecule has 18 heavy (non-hydrogen) atoms. The normalized spacial score (nSPS) is 15.3. The summed E-state index contributed by atoms with van der Waals surface area (Å²) >= 11 is 0. The Hall–Kier alpha value is -0.950. The van der Waals surface area contributed by atoms with E-state index < -0.39 is 22.0 Å². The minimum atomic E-state index is -3.20. The first-order valence-electron chi connectivity index (χ1n) is 5.88. The largest absolute Gasteiger partial charge is 0.387 e. The molecule has 0 aliphatic heterocycles. The zero-order valence-corrected chi connectivity index (χ0v) is 11.2. The fourth-order valence-corrected chi connectivity index (χ4v) is 2.52. The summed E-state index contributed by atoms with van der Waals surface area (Å²) in [7, 11) is -3.20. The first-order chi connectivity index (χ1) is 8.42. The van der Waals surface area contributed by atoms with Crippen molar-refractivity contribution in [2.24, 2.45) is 11.5 Å². The molecule has 0 saturated carbocycles. The predicted molar refractivity (Wildman–Crippen MR) is 70.8 cm³/mol. The van der Waals surface area contributed by atoms with Gasteiger partial charge in [-0.1, -0.05) is 19.1 Å². The summed E-state index contributed by atoms with van der Waals surface area (Å²) in [6.07, 6.45) is -0.317. The van der Waals surface area contributed by atoms with E-state index in [9.17, 15) is 13.5 Å². The highest BCUT2D eigenvalue weighted by molar-refractivity contribution is 7.91. The van der Waals surface area contributed by atoms with Crippen LogP contribution in [0.3, 0.4) is 0 Å². The monoisotopic (exact) mass is 272 g/mol. The fraction of sp³-hybridized carbons (Fsp3) is 0.500. The zero-order chi connectivity index (χ0) is 13.8. The molecule has 0 aromatic heterocycles. The number of benzene rings is 1. The molecule has 0 bridgehead atoms. The second-order valence-corrected chi connectivity index (χ2v) is 6.44. The number of rotatable bonds is 6. The molecule has 102 valence electrons. The maximum atomic E-state index is 11.6. The molecule has 0 spiro atoms. The van der Waals surface area contributed by atoms with Crippen LogP contribution in [0.4, 0.5) is 0 Å². The number of hydrogen-bond donors (Lipinski definition) is 3. The molecule has 0 aliphatic carbocycles. The summed E-state index contributed by atoms with van der Waals surface area (Å²) in [5, 5.41) is 9.94. The molecule has 5 nitrogen and oxygen atoms in total. The molecule has 2 unspecified atom stereocenters. The van der Waals surface area contributed by atoms with E-state index in [0.717, 1.165) is 0 Å². The van der Waals surface area contributed by atoms with E-state index in [1.165, 1.54) is 12.1 Å². The van der Waals surface area contributed by atoms with Crippen molar-refractivity contribution < 1.29 is 13.5 Å². The summed E-state index contributed by atoms with van der Waals surface area (Å²) in [5.74, 6) is 0.0571. The summed E-state index contributed by atoms with van der Waals surface area (Å²) < 4.78 is 23.2. The van der Waals surface area contributed by atoms with Crippen molar-refractivity contribution in [2.45, 2.75) is 30.4 Å². The minimum absolute atomic E-state index is 0.0571. The third-order valence-corrected chi connectivity index (χ3v) is 4.62. The Morgan fingerprint density at radius 3 is 2.28 bits per heavy atom. The average molecular weight is 272 g/mol. The van der Waals surface area contributed by atoms with Crippen molar-refractivity contribution in [1.82, 2.24) is 0 Å². The van der Waals surface area contributed by atoms with E-state index in [2.05, 4.69) is 0 Å². The Morgan fingerprint density at radius 2 is 1.83 bits per heavy atom. The van der Waals surface area contributed by atoms with Gasteiger partial charge in [-0.25, -0.2) is 8.42 Å². The molecular weight excluding hydrogens is 252 g/mol. The zero-order valence-electron chi connectivity index (χ0n) is 10.4. The molecule has 0 heterocycles. The molecule has 1 rings (SSSR count). The van der Waals surface area contributed by atoms with Gasteiger partial charge < -0.3 is 16.6 Å². The molecule has 5 N–H and O–H groups in total. The maximum Gasteiger partial charge on any atom is 0.178 e. The molecule has 0 saturated heterocycles. The van der Waals surface area contributed by atoms with Gasteiger partial charge in [-0.2, -0.15) is 0 Å². The van der Waals surface area contributed by atoms with Gasteiger partial charge in [0.15, 0.2) is 9.84 Å². The van der Waals surface area contributed by atoms with Crippen LogP contribution in [0.1, 0.15) is 25.0 Å². The number of nitrogens with two attached hydrogens (primary N) is 2. The van der Waals surface area contributed by atoms with Crippen LogP contribution in [0.15, 0.2) is 29.2 Å². The Bertz CT molecular complexity index is 471. The molecule has 6 heteroatoms. The predicted octanol–water partition coefficient (Wildman–Crippen LogP) is 0.190. The van der Waals surface area contributed by atoms with Crippen LogP contribution < -0.4 is 11.5 Å². The van der Waals surface area contributed by atoms with E-state index in [4.69, 9.17) is 11.5 Å². The first kappa shape index (κ1) is 15.1. The van der Waals surface area contributed by atoms with Crippen molar-refractivity contribution in [3.8, 4) is 0 Å². The van der Waals surface area contributed by atoms with Gasteiger partial charge in [-0.05, 0) is 30.7 Å². The molecule has 1 aromatic rings. The van der Waals surface area contributed by atoms with E-state index in [0.29, 0.717) is 18.5 Å². The lowest BCUT2D eigenvalue weighted by molar-refractivity contribution is 0.143. The second kappa shape index (κ2) is 6.29. The topological polar surface area (TPSA) is 106 Å². The molecule has 0 fully saturated rings. The van der Waals surface area contributed by atoms with Gasteiger partial charge in [0.2, 0.25) is 0 Å². The Kier molecular flexibility index (Phi) is 5.28. The smallest absolute Gasteiger partial charge is 0.178 e. The van der Waals surface area contributed by atoms with E-state index >= 15 is 0 Å². The Balaban J connectivity index is 2.89. The quantitative estimate of drug-likeness (QED) is 0.685. The lowest BCUT2D eigenvalue weighted by Gasteiger charge is -2.18. The van der Waals surface area contributed by atoms with Crippen molar-refractivity contribution in [3.63, 3.8) is 0 Å². The standard InChI is InChI=1S/C12H20N2O3S/c1-2-18(16,17)10-5-3-9(4-6-10)12(15)11(14)7-8-13/h3-6,11-12,15H,2,7-8,13-14H2,1H3. The Labute approximate surface area is 108 Å². The van der Waals surface area contributed by atoms with Crippen molar-refractivity contribution in [1.29, 1.82) is 0 Å². The highest BCUT2D eigenvalue weighted by Gasteiger charge is 2.17. The second-order valence-electron chi connectivity index (χ2n) is 4.16. The van der Waals surface area contributed by atoms with Crippen LogP contribution in [0.25, 0.3) is 0 Å². The van der Waals surface area contributed by atoms with Gasteiger partial charge in [0, 0.05) is 6.04 Å². The minimum Gasteiger partial charge on any atom is -0.387 e. The SMILES string of the molecule is CCS(=O)(=O)c1ccc(C(O)C(N)CCN)cc1. The number of aliphatic hydroxyl groups is 1. The van der Waals surface area contributed by atoms with Crippen LogP contribution in [0.2, 0.25) is 0 Å². The average Bonchev–Trinajstić information content (AvgIpc) is 2.38. The van der Waals surface area contributed by atoms with E-state index in [1.807, 2.05) is 0 Å². The molecule has 0 aliphatic rings. The van der Waals surface area contributed by atoms with Crippen LogP contribution >= 0.6 is 0 Å². The van der Waals surface area contributed by atoms with Crippen LogP contribution in [-0.2, 0) is 9.84 Å². The van der Waals surface area contributed by atoms with Crippen LogP contribution in [0, 0.1) is 0 Å². The van der Waals surface area contributed by atoms with Crippen LogP contribution in [-0.4, -0.2) is 31.9 Å². The number of sulfone groups is 1. The summed E-state index contributed by atoms with van der Waals surface area (Å²) in [6.45, 7) is 2.00. The van der Waals surface area contributed by atoms with Gasteiger partial charge in [0.1, 0.15) is 0 Å². The fourth-order valence-electron chi connectivity index (χ4n) is 1.64. The lowest BCUT2D eigenvalue weighted by Crippen LogP contribution is -2.30. The van der Waals surface area contributed by atoms with E-state index in [-0.39, 0.29) is 10.6 Å². The van der Waals surface area contributed by atoms with Gasteiger partial charge in [0.25, 0.3) is 0 Å².